The summed E-state index contributed by atoms with van der Waals surface area (Å²) in [6.07, 6.45) is 3.56. The second-order valence-electron chi connectivity index (χ2n) is 3.16. The van der Waals surface area contributed by atoms with Gasteiger partial charge in [-0.3, -0.25) is 4.90 Å². The summed E-state index contributed by atoms with van der Waals surface area (Å²) in [6.45, 7) is 5.53. The average molecular weight is 239 g/mol. The maximum Gasteiger partial charge on any atom is 0.0947 e. The van der Waals surface area contributed by atoms with E-state index in [1.54, 1.807) is 6.26 Å². The van der Waals surface area contributed by atoms with Crippen LogP contribution in [0.4, 0.5) is 0 Å². The highest BCUT2D eigenvalue weighted by Crippen LogP contribution is 2.05. The van der Waals surface area contributed by atoms with Gasteiger partial charge in [-0.1, -0.05) is 0 Å². The molecule has 0 bridgehead atoms. The molecule has 82 valence electrons. The van der Waals surface area contributed by atoms with Gasteiger partial charge in [-0.25, -0.2) is 0 Å². The molecule has 0 aliphatic carbocycles. The van der Waals surface area contributed by atoms with E-state index in [2.05, 4.69) is 10.2 Å². The molecule has 14 heavy (non-hydrogen) atoms. The van der Waals surface area contributed by atoms with Crippen molar-refractivity contribution in [1.29, 1.82) is 0 Å². The molecule has 0 saturated carbocycles. The van der Waals surface area contributed by atoms with Crippen LogP contribution < -0.4 is 5.32 Å². The van der Waals surface area contributed by atoms with Crippen molar-refractivity contribution >= 4 is 24.8 Å². The van der Waals surface area contributed by atoms with Crippen LogP contribution >= 0.6 is 24.8 Å². The first-order chi connectivity index (χ1) is 5.95. The van der Waals surface area contributed by atoms with E-state index < -0.39 is 0 Å². The number of hydrogen-bond acceptors (Lipinski definition) is 3. The molecule has 1 aliphatic heterocycles. The van der Waals surface area contributed by atoms with E-state index in [9.17, 15) is 0 Å². The zero-order valence-corrected chi connectivity index (χ0v) is 9.57. The maximum atomic E-state index is 5.01. The summed E-state index contributed by atoms with van der Waals surface area (Å²) in [4.78, 5) is 2.43. The van der Waals surface area contributed by atoms with Crippen molar-refractivity contribution in [3.8, 4) is 0 Å². The molecule has 2 heterocycles. The zero-order valence-electron chi connectivity index (χ0n) is 7.94. The Hall–Kier alpha value is -0.220. The summed E-state index contributed by atoms with van der Waals surface area (Å²) in [5, 5.41) is 3.33. The van der Waals surface area contributed by atoms with E-state index in [1.165, 1.54) is 5.56 Å². The smallest absolute Gasteiger partial charge is 0.0947 e. The van der Waals surface area contributed by atoms with Crippen LogP contribution in [0.3, 0.4) is 0 Å². The largest absolute Gasteiger partial charge is 0.472 e. The first-order valence-electron chi connectivity index (χ1n) is 4.39. The lowest BCUT2D eigenvalue weighted by Crippen LogP contribution is -2.42. The molecule has 0 atom stereocenters. The van der Waals surface area contributed by atoms with Gasteiger partial charge in [0.05, 0.1) is 12.5 Å². The van der Waals surface area contributed by atoms with Crippen LogP contribution in [-0.2, 0) is 6.54 Å². The van der Waals surface area contributed by atoms with Crippen LogP contribution in [0.1, 0.15) is 5.56 Å². The minimum Gasteiger partial charge on any atom is -0.472 e. The fourth-order valence-electron chi connectivity index (χ4n) is 1.51. The molecule has 0 amide bonds. The van der Waals surface area contributed by atoms with Crippen molar-refractivity contribution in [2.24, 2.45) is 0 Å². The number of halogens is 2. The third kappa shape index (κ3) is 3.88. The molecule has 1 aliphatic rings. The van der Waals surface area contributed by atoms with Crippen molar-refractivity contribution in [2.45, 2.75) is 6.54 Å². The highest BCUT2D eigenvalue weighted by molar-refractivity contribution is 5.85. The Morgan fingerprint density at radius 1 is 1.29 bits per heavy atom. The summed E-state index contributed by atoms with van der Waals surface area (Å²) < 4.78 is 5.01. The minimum atomic E-state index is 0. The summed E-state index contributed by atoms with van der Waals surface area (Å²) in [5.41, 5.74) is 1.27. The van der Waals surface area contributed by atoms with Gasteiger partial charge in [-0.2, -0.15) is 0 Å². The summed E-state index contributed by atoms with van der Waals surface area (Å²) in [7, 11) is 0. The zero-order chi connectivity index (χ0) is 8.23. The van der Waals surface area contributed by atoms with Gasteiger partial charge in [0, 0.05) is 38.3 Å². The topological polar surface area (TPSA) is 28.4 Å². The lowest BCUT2D eigenvalue weighted by molar-refractivity contribution is 0.232. The quantitative estimate of drug-likeness (QED) is 0.848. The van der Waals surface area contributed by atoms with Gasteiger partial charge in [0.1, 0.15) is 0 Å². The fourth-order valence-corrected chi connectivity index (χ4v) is 1.51. The van der Waals surface area contributed by atoms with Gasteiger partial charge in [0.15, 0.2) is 0 Å². The monoisotopic (exact) mass is 238 g/mol. The third-order valence-corrected chi connectivity index (χ3v) is 2.20. The number of rotatable bonds is 2. The average Bonchev–Trinajstić information content (AvgIpc) is 2.59. The number of hydrogen-bond donors (Lipinski definition) is 1. The van der Waals surface area contributed by atoms with Crippen LogP contribution in [0, 0.1) is 0 Å². The predicted octanol–water partition coefficient (Wildman–Crippen LogP) is 1.53. The molecule has 1 saturated heterocycles. The van der Waals surface area contributed by atoms with E-state index in [-0.39, 0.29) is 24.8 Å². The summed E-state index contributed by atoms with van der Waals surface area (Å²) in [5.74, 6) is 0. The fraction of sp³-hybridized carbons (Fsp3) is 0.556. The van der Waals surface area contributed by atoms with E-state index in [0.717, 1.165) is 32.7 Å². The van der Waals surface area contributed by atoms with E-state index >= 15 is 0 Å². The lowest BCUT2D eigenvalue weighted by Gasteiger charge is -2.26. The summed E-state index contributed by atoms with van der Waals surface area (Å²) in [6, 6.07) is 2.03. The van der Waals surface area contributed by atoms with Gasteiger partial charge in [-0.05, 0) is 6.07 Å². The second-order valence-corrected chi connectivity index (χ2v) is 3.16. The lowest BCUT2D eigenvalue weighted by atomic mass is 10.3. The van der Waals surface area contributed by atoms with Crippen LogP contribution in [-0.4, -0.2) is 31.1 Å². The molecule has 0 radical (unpaired) electrons. The van der Waals surface area contributed by atoms with Gasteiger partial charge < -0.3 is 9.73 Å². The first kappa shape index (κ1) is 13.8. The van der Waals surface area contributed by atoms with Crippen LogP contribution in [0.2, 0.25) is 0 Å². The number of piperazine rings is 1. The Balaban J connectivity index is 0.000000845. The molecule has 0 aromatic carbocycles. The molecule has 1 aromatic rings. The Morgan fingerprint density at radius 2 is 2.00 bits per heavy atom. The van der Waals surface area contributed by atoms with Crippen LogP contribution in [0.5, 0.6) is 0 Å². The van der Waals surface area contributed by atoms with Gasteiger partial charge in [0.2, 0.25) is 0 Å². The van der Waals surface area contributed by atoms with Gasteiger partial charge in [0.25, 0.3) is 0 Å². The Kier molecular flexibility index (Phi) is 7.01. The van der Waals surface area contributed by atoms with Crippen molar-refractivity contribution < 1.29 is 4.42 Å². The van der Waals surface area contributed by atoms with E-state index in [4.69, 9.17) is 4.42 Å². The highest BCUT2D eigenvalue weighted by Gasteiger charge is 2.09. The molecule has 0 unspecified atom stereocenters. The highest BCUT2D eigenvalue weighted by atomic mass is 35.5. The van der Waals surface area contributed by atoms with Crippen LogP contribution in [0.15, 0.2) is 23.0 Å². The van der Waals surface area contributed by atoms with E-state index in [1.807, 2.05) is 12.3 Å². The number of nitrogens with one attached hydrogen (secondary N) is 1. The Morgan fingerprint density at radius 3 is 2.57 bits per heavy atom. The van der Waals surface area contributed by atoms with E-state index in [0.29, 0.717) is 0 Å². The van der Waals surface area contributed by atoms with Gasteiger partial charge >= 0.3 is 0 Å². The van der Waals surface area contributed by atoms with Crippen molar-refractivity contribution in [3.63, 3.8) is 0 Å². The summed E-state index contributed by atoms with van der Waals surface area (Å²) >= 11 is 0. The number of nitrogens with zero attached hydrogens (tertiary/aromatic N) is 1. The second kappa shape index (κ2) is 7.12. The molecular formula is C9H16Cl2N2O. The van der Waals surface area contributed by atoms with Crippen molar-refractivity contribution in [1.82, 2.24) is 10.2 Å². The standard InChI is InChI=1S/C9H14N2O.2ClH/c1-6-12-8-9(1)7-11-4-2-10-3-5-11;;/h1,6,8,10H,2-5,7H2;2*1H. The van der Waals surface area contributed by atoms with Crippen molar-refractivity contribution in [3.05, 3.63) is 24.2 Å². The normalized spacial score (nSPS) is 16.9. The molecule has 3 nitrogen and oxygen atoms in total. The Bertz CT molecular complexity index is 223. The number of furan rings is 1. The predicted molar refractivity (Wildman–Crippen MR) is 61.4 cm³/mol. The van der Waals surface area contributed by atoms with Gasteiger partial charge in [-0.15, -0.1) is 24.8 Å². The minimum absolute atomic E-state index is 0. The SMILES string of the molecule is Cl.Cl.c1cc(CN2CCNCC2)co1. The first-order valence-corrected chi connectivity index (χ1v) is 4.39. The molecule has 0 spiro atoms. The molecule has 1 N–H and O–H groups in total. The molecule has 2 rings (SSSR count). The van der Waals surface area contributed by atoms with Crippen molar-refractivity contribution in [2.75, 3.05) is 26.2 Å². The molecule has 1 fully saturated rings. The third-order valence-electron chi connectivity index (χ3n) is 2.20. The van der Waals surface area contributed by atoms with Crippen LogP contribution in [0.25, 0.3) is 0 Å². The molecule has 5 heteroatoms. The molecule has 1 aromatic heterocycles. The maximum absolute atomic E-state index is 5.01. The molecular weight excluding hydrogens is 223 g/mol. The Labute approximate surface area is 96.7 Å².